The number of nitrogens with one attached hydrogen (secondary N) is 1. The van der Waals surface area contributed by atoms with Crippen LogP contribution in [-0.2, 0) is 0 Å². The molecule has 3 nitrogen and oxygen atoms in total. The van der Waals surface area contributed by atoms with Gasteiger partial charge in [-0.15, -0.1) is 0 Å². The van der Waals surface area contributed by atoms with E-state index in [2.05, 4.69) is 5.32 Å². The lowest BCUT2D eigenvalue weighted by Crippen LogP contribution is -2.22. The quantitative estimate of drug-likeness (QED) is 0.816. The summed E-state index contributed by atoms with van der Waals surface area (Å²) in [6.07, 6.45) is 0. The fourth-order valence-corrected chi connectivity index (χ4v) is 2.18. The van der Waals surface area contributed by atoms with Gasteiger partial charge in [-0.1, -0.05) is 6.92 Å². The highest BCUT2D eigenvalue weighted by molar-refractivity contribution is 5.98. The Morgan fingerprint density at radius 3 is 2.76 bits per heavy atom. The molecule has 0 spiro atoms. The van der Waals surface area contributed by atoms with E-state index in [0.717, 1.165) is 6.54 Å². The second-order valence-corrected chi connectivity index (χ2v) is 4.45. The third-order valence-corrected chi connectivity index (χ3v) is 3.30. The highest BCUT2D eigenvalue weighted by Gasteiger charge is 2.31. The van der Waals surface area contributed by atoms with Crippen LogP contribution in [-0.4, -0.2) is 26.0 Å². The minimum absolute atomic E-state index is 0.123. The molecule has 0 amide bonds. The predicted molar refractivity (Wildman–Crippen MR) is 62.8 cm³/mol. The van der Waals surface area contributed by atoms with Crippen LogP contribution in [0.25, 0.3) is 0 Å². The maximum Gasteiger partial charge on any atom is 0.170 e. The first-order chi connectivity index (χ1) is 8.13. The number of carbonyl (C=O) groups excluding carboxylic acids is 1. The third kappa shape index (κ3) is 2.31. The molecule has 1 aliphatic rings. The van der Waals surface area contributed by atoms with E-state index in [4.69, 9.17) is 4.74 Å². The van der Waals surface area contributed by atoms with Gasteiger partial charge in [0.2, 0.25) is 0 Å². The van der Waals surface area contributed by atoms with Crippen molar-refractivity contribution in [2.75, 3.05) is 20.2 Å². The number of ether oxygens (including phenoxy) is 1. The smallest absolute Gasteiger partial charge is 0.170 e. The third-order valence-electron chi connectivity index (χ3n) is 3.30. The SMILES string of the molecule is COc1ccc(C(=O)C2CNCC2C)c(F)c1. The van der Waals surface area contributed by atoms with Crippen molar-refractivity contribution >= 4 is 5.78 Å². The highest BCUT2D eigenvalue weighted by atomic mass is 19.1. The summed E-state index contributed by atoms with van der Waals surface area (Å²) >= 11 is 0. The van der Waals surface area contributed by atoms with Crippen molar-refractivity contribution in [1.29, 1.82) is 0 Å². The van der Waals surface area contributed by atoms with Crippen LogP contribution in [0.2, 0.25) is 0 Å². The summed E-state index contributed by atoms with van der Waals surface area (Å²) in [4.78, 5) is 12.2. The predicted octanol–water partition coefficient (Wildman–Crippen LogP) is 1.87. The number of methoxy groups -OCH3 is 1. The summed E-state index contributed by atoms with van der Waals surface area (Å²) in [5.74, 6) is -0.0744. The van der Waals surface area contributed by atoms with Crippen molar-refractivity contribution in [3.05, 3.63) is 29.6 Å². The largest absolute Gasteiger partial charge is 0.497 e. The maximum atomic E-state index is 13.7. The topological polar surface area (TPSA) is 38.3 Å². The minimum Gasteiger partial charge on any atom is -0.497 e. The Labute approximate surface area is 100.0 Å². The van der Waals surface area contributed by atoms with Gasteiger partial charge < -0.3 is 10.1 Å². The van der Waals surface area contributed by atoms with Crippen molar-refractivity contribution in [3.63, 3.8) is 0 Å². The molecule has 0 saturated carbocycles. The summed E-state index contributed by atoms with van der Waals surface area (Å²) in [6, 6.07) is 4.37. The zero-order valence-electron chi connectivity index (χ0n) is 10.00. The lowest BCUT2D eigenvalue weighted by Gasteiger charge is -2.13. The summed E-state index contributed by atoms with van der Waals surface area (Å²) in [7, 11) is 1.47. The fraction of sp³-hybridized carbons (Fsp3) is 0.462. The van der Waals surface area contributed by atoms with Crippen LogP contribution >= 0.6 is 0 Å². The fourth-order valence-electron chi connectivity index (χ4n) is 2.18. The van der Waals surface area contributed by atoms with Crippen molar-refractivity contribution in [3.8, 4) is 5.75 Å². The molecule has 1 aliphatic heterocycles. The summed E-state index contributed by atoms with van der Waals surface area (Å²) in [5, 5.41) is 3.15. The van der Waals surface area contributed by atoms with E-state index in [1.165, 1.54) is 19.2 Å². The molecule has 92 valence electrons. The molecule has 0 bridgehead atoms. The molecule has 2 atom stereocenters. The van der Waals surface area contributed by atoms with Crippen LogP contribution in [0.4, 0.5) is 4.39 Å². The van der Waals surface area contributed by atoms with Gasteiger partial charge >= 0.3 is 0 Å². The van der Waals surface area contributed by atoms with Gasteiger partial charge in [-0.25, -0.2) is 4.39 Å². The average Bonchev–Trinajstić information content (AvgIpc) is 2.74. The highest BCUT2D eigenvalue weighted by Crippen LogP contribution is 2.24. The molecular weight excluding hydrogens is 221 g/mol. The molecule has 1 N–H and O–H groups in total. The van der Waals surface area contributed by atoms with Gasteiger partial charge in [0.05, 0.1) is 12.7 Å². The lowest BCUT2D eigenvalue weighted by atomic mass is 9.89. The number of ketones is 1. The van der Waals surface area contributed by atoms with Gasteiger partial charge in [0, 0.05) is 18.5 Å². The number of benzene rings is 1. The standard InChI is InChI=1S/C13H16FNO2/c1-8-6-15-7-11(8)13(16)10-4-3-9(17-2)5-12(10)14/h3-5,8,11,15H,6-7H2,1-2H3. The van der Waals surface area contributed by atoms with Gasteiger partial charge in [-0.3, -0.25) is 4.79 Å². The monoisotopic (exact) mass is 237 g/mol. The molecule has 1 aromatic carbocycles. The van der Waals surface area contributed by atoms with Crippen molar-refractivity contribution in [2.45, 2.75) is 6.92 Å². The van der Waals surface area contributed by atoms with E-state index in [9.17, 15) is 9.18 Å². The Morgan fingerprint density at radius 1 is 1.47 bits per heavy atom. The van der Waals surface area contributed by atoms with E-state index in [1.807, 2.05) is 6.92 Å². The molecule has 0 aliphatic carbocycles. The van der Waals surface area contributed by atoms with Crippen molar-refractivity contribution in [2.24, 2.45) is 11.8 Å². The molecule has 1 fully saturated rings. The van der Waals surface area contributed by atoms with Crippen molar-refractivity contribution < 1.29 is 13.9 Å². The molecule has 4 heteroatoms. The number of hydrogen-bond acceptors (Lipinski definition) is 3. The molecule has 1 aromatic rings. The Balaban J connectivity index is 2.25. The van der Waals surface area contributed by atoms with Crippen LogP contribution < -0.4 is 10.1 Å². The number of carbonyl (C=O) groups is 1. The van der Waals surface area contributed by atoms with Crippen LogP contribution in [0, 0.1) is 17.7 Å². The first-order valence-electron chi connectivity index (χ1n) is 5.72. The van der Waals surface area contributed by atoms with Gasteiger partial charge in [0.25, 0.3) is 0 Å². The Kier molecular flexibility index (Phi) is 3.43. The Hall–Kier alpha value is -1.42. The minimum atomic E-state index is -0.506. The zero-order valence-corrected chi connectivity index (χ0v) is 10.00. The number of rotatable bonds is 3. The number of Topliss-reactive ketones (excluding diaryl/α,β-unsaturated/α-hetero) is 1. The lowest BCUT2D eigenvalue weighted by molar-refractivity contribution is 0.0903. The Morgan fingerprint density at radius 2 is 2.24 bits per heavy atom. The van der Waals surface area contributed by atoms with Gasteiger partial charge in [-0.2, -0.15) is 0 Å². The van der Waals surface area contributed by atoms with E-state index < -0.39 is 5.82 Å². The van der Waals surface area contributed by atoms with Gasteiger partial charge in [-0.05, 0) is 24.6 Å². The van der Waals surface area contributed by atoms with E-state index in [-0.39, 0.29) is 23.2 Å². The summed E-state index contributed by atoms with van der Waals surface area (Å²) in [5.41, 5.74) is 0.159. The Bertz CT molecular complexity index is 433. The van der Waals surface area contributed by atoms with Crippen LogP contribution in [0.15, 0.2) is 18.2 Å². The number of halogens is 1. The first-order valence-corrected chi connectivity index (χ1v) is 5.72. The summed E-state index contributed by atoms with van der Waals surface area (Å²) in [6.45, 7) is 3.45. The van der Waals surface area contributed by atoms with Crippen LogP contribution in [0.1, 0.15) is 17.3 Å². The molecule has 2 rings (SSSR count). The zero-order chi connectivity index (χ0) is 12.4. The molecular formula is C13H16FNO2. The molecule has 2 unspecified atom stereocenters. The number of hydrogen-bond donors (Lipinski definition) is 1. The molecule has 17 heavy (non-hydrogen) atoms. The molecule has 1 saturated heterocycles. The van der Waals surface area contributed by atoms with E-state index in [1.54, 1.807) is 6.07 Å². The molecule has 1 heterocycles. The average molecular weight is 237 g/mol. The normalized spacial score (nSPS) is 23.7. The van der Waals surface area contributed by atoms with Crippen LogP contribution in [0.5, 0.6) is 5.75 Å². The van der Waals surface area contributed by atoms with Gasteiger partial charge in [0.15, 0.2) is 5.78 Å². The van der Waals surface area contributed by atoms with Crippen molar-refractivity contribution in [1.82, 2.24) is 5.32 Å². The van der Waals surface area contributed by atoms with Crippen LogP contribution in [0.3, 0.4) is 0 Å². The maximum absolute atomic E-state index is 13.7. The van der Waals surface area contributed by atoms with Gasteiger partial charge in [0.1, 0.15) is 11.6 Å². The van der Waals surface area contributed by atoms with E-state index >= 15 is 0 Å². The van der Waals surface area contributed by atoms with E-state index in [0.29, 0.717) is 12.3 Å². The first kappa shape index (κ1) is 12.0. The summed E-state index contributed by atoms with van der Waals surface area (Å²) < 4.78 is 18.7. The molecule has 0 aromatic heterocycles. The second-order valence-electron chi connectivity index (χ2n) is 4.45. The molecule has 0 radical (unpaired) electrons. The second kappa shape index (κ2) is 4.84.